The predicted molar refractivity (Wildman–Crippen MR) is 92.6 cm³/mol. The second-order valence-corrected chi connectivity index (χ2v) is 4.87. The summed E-state index contributed by atoms with van der Waals surface area (Å²) in [5.41, 5.74) is 6.34. The molecule has 2 aromatic carbocycles. The largest absolute Gasteiger partial charge is 0.256 e. The van der Waals surface area contributed by atoms with E-state index in [1.807, 2.05) is 20.0 Å². The normalized spacial score (nSPS) is 10.1. The SMILES string of the molecule is CC.CCc1cc2nccc(C)c2cc1-c1ccccc1. The van der Waals surface area contributed by atoms with Crippen LogP contribution >= 0.6 is 0 Å². The van der Waals surface area contributed by atoms with E-state index in [-0.39, 0.29) is 0 Å². The van der Waals surface area contributed by atoms with Crippen molar-refractivity contribution in [2.24, 2.45) is 0 Å². The van der Waals surface area contributed by atoms with Crippen LogP contribution < -0.4 is 0 Å². The highest BCUT2D eigenvalue weighted by Crippen LogP contribution is 2.29. The zero-order valence-corrected chi connectivity index (χ0v) is 13.4. The second-order valence-electron chi connectivity index (χ2n) is 4.87. The molecule has 3 rings (SSSR count). The number of aryl methyl sites for hydroxylation is 2. The minimum absolute atomic E-state index is 1.02. The van der Waals surface area contributed by atoms with E-state index in [1.165, 1.54) is 27.6 Å². The maximum absolute atomic E-state index is 4.49. The molecule has 0 atom stereocenters. The molecule has 0 N–H and O–H groups in total. The lowest BCUT2D eigenvalue weighted by atomic mass is 9.95. The molecule has 1 nitrogen and oxygen atoms in total. The first-order valence-electron chi connectivity index (χ1n) is 7.73. The highest BCUT2D eigenvalue weighted by Gasteiger charge is 2.07. The molecule has 0 unspecified atom stereocenters. The van der Waals surface area contributed by atoms with Gasteiger partial charge in [0.15, 0.2) is 0 Å². The molecule has 0 aliphatic rings. The van der Waals surface area contributed by atoms with Gasteiger partial charge in [0.1, 0.15) is 0 Å². The summed E-state index contributed by atoms with van der Waals surface area (Å²) in [7, 11) is 0. The van der Waals surface area contributed by atoms with E-state index in [9.17, 15) is 0 Å². The number of fused-ring (bicyclic) bond motifs is 1. The van der Waals surface area contributed by atoms with Crippen molar-refractivity contribution in [2.45, 2.75) is 34.1 Å². The van der Waals surface area contributed by atoms with Crippen molar-refractivity contribution in [3.05, 3.63) is 65.9 Å². The Morgan fingerprint density at radius 1 is 0.952 bits per heavy atom. The molecule has 1 aromatic heterocycles. The van der Waals surface area contributed by atoms with E-state index >= 15 is 0 Å². The Kier molecular flexibility index (Phi) is 5.10. The minimum atomic E-state index is 1.02. The van der Waals surface area contributed by atoms with Crippen LogP contribution in [0.15, 0.2) is 54.7 Å². The first-order chi connectivity index (χ1) is 10.3. The van der Waals surface area contributed by atoms with Gasteiger partial charge >= 0.3 is 0 Å². The molecule has 0 amide bonds. The van der Waals surface area contributed by atoms with Gasteiger partial charge in [-0.1, -0.05) is 51.1 Å². The molecule has 3 aromatic rings. The zero-order chi connectivity index (χ0) is 15.2. The van der Waals surface area contributed by atoms with Crippen molar-refractivity contribution in [1.29, 1.82) is 0 Å². The van der Waals surface area contributed by atoms with Crippen LogP contribution in [0.3, 0.4) is 0 Å². The number of aromatic nitrogens is 1. The van der Waals surface area contributed by atoms with Crippen molar-refractivity contribution in [1.82, 2.24) is 4.98 Å². The molecular formula is C20H23N. The smallest absolute Gasteiger partial charge is 0.0707 e. The van der Waals surface area contributed by atoms with Crippen molar-refractivity contribution < 1.29 is 0 Å². The molecule has 0 radical (unpaired) electrons. The average molecular weight is 277 g/mol. The van der Waals surface area contributed by atoms with Crippen LogP contribution in [0.2, 0.25) is 0 Å². The van der Waals surface area contributed by atoms with Gasteiger partial charge in [-0.25, -0.2) is 0 Å². The van der Waals surface area contributed by atoms with E-state index in [2.05, 4.69) is 67.4 Å². The van der Waals surface area contributed by atoms with Gasteiger partial charge in [-0.15, -0.1) is 0 Å². The summed E-state index contributed by atoms with van der Waals surface area (Å²) in [6.45, 7) is 8.34. The van der Waals surface area contributed by atoms with Gasteiger partial charge in [0.05, 0.1) is 5.52 Å². The van der Waals surface area contributed by atoms with Crippen molar-refractivity contribution in [3.8, 4) is 11.1 Å². The first-order valence-corrected chi connectivity index (χ1v) is 7.73. The van der Waals surface area contributed by atoms with Crippen LogP contribution in [0.4, 0.5) is 0 Å². The molecule has 0 aliphatic carbocycles. The Morgan fingerprint density at radius 3 is 2.33 bits per heavy atom. The van der Waals surface area contributed by atoms with Gasteiger partial charge in [-0.2, -0.15) is 0 Å². The third-order valence-corrected chi connectivity index (χ3v) is 3.65. The molecule has 0 aliphatic heterocycles. The number of hydrogen-bond acceptors (Lipinski definition) is 1. The van der Waals surface area contributed by atoms with Crippen LogP contribution in [0.5, 0.6) is 0 Å². The van der Waals surface area contributed by atoms with E-state index in [0.717, 1.165) is 11.9 Å². The molecule has 0 bridgehead atoms. The number of hydrogen-bond donors (Lipinski definition) is 0. The monoisotopic (exact) mass is 277 g/mol. The number of pyridine rings is 1. The van der Waals surface area contributed by atoms with Crippen LogP contribution in [-0.4, -0.2) is 4.98 Å². The second kappa shape index (κ2) is 7.03. The molecule has 108 valence electrons. The van der Waals surface area contributed by atoms with Gasteiger partial charge in [0, 0.05) is 11.6 Å². The summed E-state index contributed by atoms with van der Waals surface area (Å²) in [5.74, 6) is 0. The highest BCUT2D eigenvalue weighted by atomic mass is 14.6. The van der Waals surface area contributed by atoms with Gasteiger partial charge in [0.25, 0.3) is 0 Å². The minimum Gasteiger partial charge on any atom is -0.256 e. The zero-order valence-electron chi connectivity index (χ0n) is 13.4. The van der Waals surface area contributed by atoms with Gasteiger partial charge in [-0.3, -0.25) is 4.98 Å². The average Bonchev–Trinajstić information content (AvgIpc) is 2.57. The van der Waals surface area contributed by atoms with Crippen molar-refractivity contribution in [3.63, 3.8) is 0 Å². The van der Waals surface area contributed by atoms with Crippen molar-refractivity contribution in [2.75, 3.05) is 0 Å². The summed E-state index contributed by atoms with van der Waals surface area (Å²) < 4.78 is 0. The van der Waals surface area contributed by atoms with Crippen LogP contribution in [0, 0.1) is 6.92 Å². The summed E-state index contributed by atoms with van der Waals surface area (Å²) in [4.78, 5) is 4.49. The Hall–Kier alpha value is -2.15. The number of nitrogens with zero attached hydrogens (tertiary/aromatic N) is 1. The molecule has 0 saturated carbocycles. The van der Waals surface area contributed by atoms with E-state index in [4.69, 9.17) is 0 Å². The van der Waals surface area contributed by atoms with Crippen LogP contribution in [-0.2, 0) is 6.42 Å². The topological polar surface area (TPSA) is 12.9 Å². The first kappa shape index (κ1) is 15.2. The molecule has 1 heterocycles. The Bertz CT molecular complexity index is 714. The Morgan fingerprint density at radius 2 is 1.67 bits per heavy atom. The fraction of sp³-hybridized carbons (Fsp3) is 0.250. The number of rotatable bonds is 2. The number of benzene rings is 2. The standard InChI is InChI=1S/C18H17N.C2H6/c1-3-14-11-18-16(13(2)9-10-19-18)12-17(14)15-7-5-4-6-8-15;1-2/h4-12H,3H2,1-2H3;1-2H3. The molecule has 0 spiro atoms. The lowest BCUT2D eigenvalue weighted by molar-refractivity contribution is 1.14. The van der Waals surface area contributed by atoms with Gasteiger partial charge in [0.2, 0.25) is 0 Å². The molecule has 1 heteroatoms. The summed E-state index contributed by atoms with van der Waals surface area (Å²) in [6.07, 6.45) is 2.91. The Balaban J connectivity index is 0.000000774. The van der Waals surface area contributed by atoms with E-state index in [1.54, 1.807) is 0 Å². The lowest BCUT2D eigenvalue weighted by Crippen LogP contribution is -1.91. The van der Waals surface area contributed by atoms with Gasteiger partial charge in [-0.05, 0) is 53.8 Å². The van der Waals surface area contributed by atoms with E-state index < -0.39 is 0 Å². The van der Waals surface area contributed by atoms with Crippen LogP contribution in [0.25, 0.3) is 22.0 Å². The third kappa shape index (κ3) is 3.13. The van der Waals surface area contributed by atoms with Gasteiger partial charge < -0.3 is 0 Å². The molecule has 0 fully saturated rings. The molecule has 21 heavy (non-hydrogen) atoms. The fourth-order valence-corrected chi connectivity index (χ4v) is 2.55. The summed E-state index contributed by atoms with van der Waals surface area (Å²) in [6, 6.07) is 17.2. The maximum Gasteiger partial charge on any atom is 0.0707 e. The Labute approximate surface area is 127 Å². The van der Waals surface area contributed by atoms with Crippen molar-refractivity contribution >= 4 is 10.9 Å². The third-order valence-electron chi connectivity index (χ3n) is 3.65. The molecular weight excluding hydrogens is 254 g/mol. The summed E-state index contributed by atoms with van der Waals surface area (Å²) in [5, 5.41) is 1.25. The quantitative estimate of drug-likeness (QED) is 0.577. The maximum atomic E-state index is 4.49. The lowest BCUT2D eigenvalue weighted by Gasteiger charge is -2.11. The highest BCUT2D eigenvalue weighted by molar-refractivity contribution is 5.88. The van der Waals surface area contributed by atoms with E-state index in [0.29, 0.717) is 0 Å². The fourth-order valence-electron chi connectivity index (χ4n) is 2.55. The predicted octanol–water partition coefficient (Wildman–Crippen LogP) is 5.80. The molecule has 0 saturated heterocycles. The van der Waals surface area contributed by atoms with Crippen LogP contribution in [0.1, 0.15) is 31.9 Å². The summed E-state index contributed by atoms with van der Waals surface area (Å²) >= 11 is 0.